The number of carbonyl (C=O) groups excluding carboxylic acids is 2. The molecule has 1 rings (SSSR count). The summed E-state index contributed by atoms with van der Waals surface area (Å²) in [5, 5.41) is 2.88. The van der Waals surface area contributed by atoms with E-state index in [-0.39, 0.29) is 6.54 Å². The summed E-state index contributed by atoms with van der Waals surface area (Å²) >= 11 is 0. The predicted octanol–water partition coefficient (Wildman–Crippen LogP) is -1.07. The van der Waals surface area contributed by atoms with Crippen LogP contribution in [0.2, 0.25) is 0 Å². The number of nitrogens with one attached hydrogen (secondary N) is 1. The fourth-order valence-electron chi connectivity index (χ4n) is 0.900. The average Bonchev–Trinajstić information content (AvgIpc) is 2.07. The Hall–Kier alpha value is -1.32. The van der Waals surface area contributed by atoms with Crippen LogP contribution < -0.4 is 5.32 Å². The third-order valence-corrected chi connectivity index (χ3v) is 1.41. The zero-order valence-electron chi connectivity index (χ0n) is 6.24. The smallest absolute Gasteiger partial charge is 0.291 e. The number of hydrogen-bond donors (Lipinski definition) is 1. The second kappa shape index (κ2) is 3.90. The van der Waals surface area contributed by atoms with Gasteiger partial charge in [-0.25, -0.2) is 9.59 Å². The van der Waals surface area contributed by atoms with Crippen molar-refractivity contribution in [1.82, 2.24) is 5.32 Å². The zero-order chi connectivity index (χ0) is 8.86. The number of isocyanates is 2. The Balaban J connectivity index is 2.82. The molecule has 0 aromatic carbocycles. The van der Waals surface area contributed by atoms with Crippen molar-refractivity contribution in [3.05, 3.63) is 0 Å². The molecule has 1 heterocycles. The Morgan fingerprint density at radius 1 is 1.33 bits per heavy atom. The van der Waals surface area contributed by atoms with Crippen LogP contribution >= 0.6 is 0 Å². The molecular formula is C6H7N3O3. The van der Waals surface area contributed by atoms with E-state index in [0.29, 0.717) is 13.2 Å². The summed E-state index contributed by atoms with van der Waals surface area (Å²) in [4.78, 5) is 26.5. The Labute approximate surface area is 68.3 Å². The van der Waals surface area contributed by atoms with Gasteiger partial charge in [-0.05, 0) is 0 Å². The van der Waals surface area contributed by atoms with Crippen molar-refractivity contribution >= 4 is 12.2 Å². The highest BCUT2D eigenvalue weighted by atomic mass is 16.5. The van der Waals surface area contributed by atoms with Gasteiger partial charge < -0.3 is 10.1 Å². The highest BCUT2D eigenvalue weighted by Crippen LogP contribution is 2.14. The Morgan fingerprint density at radius 3 is 2.42 bits per heavy atom. The van der Waals surface area contributed by atoms with Gasteiger partial charge in [-0.2, -0.15) is 0 Å². The van der Waals surface area contributed by atoms with E-state index in [1.807, 2.05) is 0 Å². The van der Waals surface area contributed by atoms with E-state index in [1.54, 1.807) is 0 Å². The predicted molar refractivity (Wildman–Crippen MR) is 37.8 cm³/mol. The molecule has 1 aliphatic heterocycles. The van der Waals surface area contributed by atoms with E-state index in [9.17, 15) is 9.59 Å². The van der Waals surface area contributed by atoms with Crippen LogP contribution in [0.4, 0.5) is 0 Å². The summed E-state index contributed by atoms with van der Waals surface area (Å²) in [5.41, 5.74) is 0. The monoisotopic (exact) mass is 169 g/mol. The molecule has 0 saturated carbocycles. The lowest BCUT2D eigenvalue weighted by Crippen LogP contribution is -2.47. The first kappa shape index (κ1) is 8.77. The normalized spacial score (nSPS) is 28.3. The van der Waals surface area contributed by atoms with Crippen LogP contribution in [0, 0.1) is 0 Å². The SMILES string of the molecule is O=C=NC1(N=C=O)CNCCO1. The Kier molecular flexibility index (Phi) is 2.85. The topological polar surface area (TPSA) is 80.1 Å². The maximum Gasteiger partial charge on any atom is 0.291 e. The second-order valence-corrected chi connectivity index (χ2v) is 2.17. The summed E-state index contributed by atoms with van der Waals surface area (Å²) in [7, 11) is 0. The molecule has 0 bridgehead atoms. The molecule has 1 aliphatic rings. The van der Waals surface area contributed by atoms with E-state index >= 15 is 0 Å². The van der Waals surface area contributed by atoms with E-state index in [2.05, 4.69) is 15.3 Å². The standard InChI is InChI=1S/C6H7N3O3/c10-4-8-6(9-5-11)3-7-1-2-12-6/h7H,1-3H2. The summed E-state index contributed by atoms with van der Waals surface area (Å²) in [6.07, 6.45) is 2.60. The van der Waals surface area contributed by atoms with Crippen LogP contribution in [0.3, 0.4) is 0 Å². The fourth-order valence-corrected chi connectivity index (χ4v) is 0.900. The van der Waals surface area contributed by atoms with Crippen molar-refractivity contribution in [2.24, 2.45) is 9.98 Å². The van der Waals surface area contributed by atoms with Gasteiger partial charge in [0, 0.05) is 6.54 Å². The van der Waals surface area contributed by atoms with Crippen molar-refractivity contribution in [3.63, 3.8) is 0 Å². The first-order valence-corrected chi connectivity index (χ1v) is 3.36. The van der Waals surface area contributed by atoms with E-state index in [4.69, 9.17) is 4.74 Å². The summed E-state index contributed by atoms with van der Waals surface area (Å²) in [6, 6.07) is 0. The van der Waals surface area contributed by atoms with Gasteiger partial charge in [0.2, 0.25) is 12.2 Å². The van der Waals surface area contributed by atoms with Gasteiger partial charge in [-0.15, -0.1) is 9.98 Å². The number of rotatable bonds is 2. The maximum atomic E-state index is 9.96. The second-order valence-electron chi connectivity index (χ2n) is 2.17. The molecule has 0 aromatic rings. The van der Waals surface area contributed by atoms with Crippen molar-refractivity contribution in [1.29, 1.82) is 0 Å². The number of morpholine rings is 1. The molecule has 64 valence electrons. The fraction of sp³-hybridized carbons (Fsp3) is 0.667. The molecule has 1 saturated heterocycles. The van der Waals surface area contributed by atoms with Crippen LogP contribution in [0.25, 0.3) is 0 Å². The van der Waals surface area contributed by atoms with Crippen LogP contribution in [0.1, 0.15) is 0 Å². The van der Waals surface area contributed by atoms with E-state index in [0.717, 1.165) is 0 Å². The molecule has 12 heavy (non-hydrogen) atoms. The zero-order valence-corrected chi connectivity index (χ0v) is 6.24. The molecule has 6 heteroatoms. The van der Waals surface area contributed by atoms with Crippen molar-refractivity contribution in [2.75, 3.05) is 19.7 Å². The van der Waals surface area contributed by atoms with Gasteiger partial charge >= 0.3 is 0 Å². The van der Waals surface area contributed by atoms with E-state index < -0.39 is 5.85 Å². The molecule has 6 nitrogen and oxygen atoms in total. The van der Waals surface area contributed by atoms with Gasteiger partial charge in [0.1, 0.15) is 0 Å². The third kappa shape index (κ3) is 1.84. The molecule has 0 spiro atoms. The lowest BCUT2D eigenvalue weighted by atomic mass is 10.3. The van der Waals surface area contributed by atoms with Gasteiger partial charge in [0.25, 0.3) is 5.85 Å². The summed E-state index contributed by atoms with van der Waals surface area (Å²) in [6.45, 7) is 1.18. The van der Waals surface area contributed by atoms with Gasteiger partial charge in [-0.1, -0.05) is 0 Å². The number of nitrogens with zero attached hydrogens (tertiary/aromatic N) is 2. The van der Waals surface area contributed by atoms with E-state index in [1.165, 1.54) is 12.2 Å². The van der Waals surface area contributed by atoms with Crippen LogP contribution in [0.5, 0.6) is 0 Å². The molecule has 1 N–H and O–H groups in total. The lowest BCUT2D eigenvalue weighted by molar-refractivity contribution is -0.0525. The third-order valence-electron chi connectivity index (χ3n) is 1.41. The first-order valence-electron chi connectivity index (χ1n) is 3.36. The van der Waals surface area contributed by atoms with Gasteiger partial charge in [-0.3, -0.25) is 0 Å². The molecule has 1 fully saturated rings. The Bertz CT molecular complexity index is 227. The number of hydrogen-bond acceptors (Lipinski definition) is 6. The molecule has 0 unspecified atom stereocenters. The van der Waals surface area contributed by atoms with Crippen molar-refractivity contribution in [3.8, 4) is 0 Å². The van der Waals surface area contributed by atoms with Crippen LogP contribution in [-0.4, -0.2) is 37.7 Å². The highest BCUT2D eigenvalue weighted by molar-refractivity contribution is 5.38. The largest absolute Gasteiger partial charge is 0.332 e. The summed E-state index contributed by atoms with van der Waals surface area (Å²) in [5.74, 6) is -1.43. The molecule has 0 amide bonds. The average molecular weight is 169 g/mol. The van der Waals surface area contributed by atoms with Crippen molar-refractivity contribution < 1.29 is 14.3 Å². The van der Waals surface area contributed by atoms with Gasteiger partial charge in [0.05, 0.1) is 13.2 Å². The molecule has 0 atom stereocenters. The maximum absolute atomic E-state index is 9.96. The number of ether oxygens (including phenoxy) is 1. The molecular weight excluding hydrogens is 162 g/mol. The van der Waals surface area contributed by atoms with Crippen LogP contribution in [0.15, 0.2) is 9.98 Å². The lowest BCUT2D eigenvalue weighted by Gasteiger charge is -2.27. The minimum Gasteiger partial charge on any atom is -0.332 e. The minimum atomic E-state index is -1.43. The summed E-state index contributed by atoms with van der Waals surface area (Å²) < 4.78 is 5.03. The quantitative estimate of drug-likeness (QED) is 0.421. The van der Waals surface area contributed by atoms with Crippen LogP contribution in [-0.2, 0) is 14.3 Å². The number of aliphatic imine (C=N–C) groups is 2. The minimum absolute atomic E-state index is 0.192. The first-order chi connectivity index (χ1) is 5.83. The van der Waals surface area contributed by atoms with Gasteiger partial charge in [0.15, 0.2) is 0 Å². The highest BCUT2D eigenvalue weighted by Gasteiger charge is 2.32. The molecule has 0 radical (unpaired) electrons. The van der Waals surface area contributed by atoms with Crippen molar-refractivity contribution in [2.45, 2.75) is 5.85 Å². The Morgan fingerprint density at radius 2 is 2.00 bits per heavy atom. The molecule has 0 aliphatic carbocycles. The molecule has 0 aromatic heterocycles.